The summed E-state index contributed by atoms with van der Waals surface area (Å²) in [7, 11) is 0. The zero-order valence-electron chi connectivity index (χ0n) is 11.9. The minimum atomic E-state index is -0.304. The monoisotopic (exact) mass is 275 g/mol. The van der Waals surface area contributed by atoms with Crippen LogP contribution in [0.3, 0.4) is 0 Å². The smallest absolute Gasteiger partial charge is 0.338 e. The van der Waals surface area contributed by atoms with Crippen LogP contribution in [0.4, 0.5) is 5.69 Å². The highest BCUT2D eigenvalue weighted by Crippen LogP contribution is 2.30. The van der Waals surface area contributed by atoms with Crippen LogP contribution in [0.1, 0.15) is 49.4 Å². The van der Waals surface area contributed by atoms with E-state index in [0.29, 0.717) is 12.2 Å². The van der Waals surface area contributed by atoms with E-state index in [2.05, 4.69) is 12.2 Å². The van der Waals surface area contributed by atoms with Crippen LogP contribution < -0.4 is 5.32 Å². The Bertz CT molecular complexity index is 463. The summed E-state index contributed by atoms with van der Waals surface area (Å²) in [6, 6.07) is 6.85. The van der Waals surface area contributed by atoms with Gasteiger partial charge in [-0.05, 0) is 43.5 Å². The van der Waals surface area contributed by atoms with E-state index in [0.717, 1.165) is 37.8 Å². The standard InChI is InChI=1S/C16H21NO3/c1-2-3-4-11-20-16(19)13-7-9-14(10-8-13)17-15(18)12-5-6-12/h7-10,12H,2-6,11H2,1H3,(H,17,18). The van der Waals surface area contributed by atoms with Crippen LogP contribution >= 0.6 is 0 Å². The zero-order chi connectivity index (χ0) is 14.4. The van der Waals surface area contributed by atoms with Crippen LogP contribution in [0.2, 0.25) is 0 Å². The molecule has 0 aliphatic heterocycles. The Kier molecular flexibility index (Phi) is 5.16. The van der Waals surface area contributed by atoms with Gasteiger partial charge >= 0.3 is 5.97 Å². The molecule has 1 aromatic carbocycles. The van der Waals surface area contributed by atoms with Crippen LogP contribution in [0.15, 0.2) is 24.3 Å². The molecule has 1 N–H and O–H groups in total. The lowest BCUT2D eigenvalue weighted by atomic mass is 10.2. The van der Waals surface area contributed by atoms with Gasteiger partial charge in [0.2, 0.25) is 5.91 Å². The topological polar surface area (TPSA) is 55.4 Å². The van der Waals surface area contributed by atoms with Gasteiger partial charge in [-0.3, -0.25) is 4.79 Å². The van der Waals surface area contributed by atoms with Gasteiger partial charge in [0, 0.05) is 11.6 Å². The van der Waals surface area contributed by atoms with Crippen molar-refractivity contribution in [1.29, 1.82) is 0 Å². The number of carbonyl (C=O) groups excluding carboxylic acids is 2. The van der Waals surface area contributed by atoms with Crippen molar-refractivity contribution in [3.8, 4) is 0 Å². The number of hydrogen-bond donors (Lipinski definition) is 1. The molecule has 2 rings (SSSR count). The van der Waals surface area contributed by atoms with Crippen molar-refractivity contribution in [1.82, 2.24) is 0 Å². The van der Waals surface area contributed by atoms with Crippen LogP contribution in [-0.4, -0.2) is 18.5 Å². The van der Waals surface area contributed by atoms with Crippen molar-refractivity contribution in [2.24, 2.45) is 5.92 Å². The Morgan fingerprint density at radius 2 is 1.90 bits per heavy atom. The predicted octanol–water partition coefficient (Wildman–Crippen LogP) is 3.38. The van der Waals surface area contributed by atoms with Crippen molar-refractivity contribution in [2.45, 2.75) is 39.0 Å². The maximum absolute atomic E-state index is 11.7. The first-order valence-corrected chi connectivity index (χ1v) is 7.28. The maximum Gasteiger partial charge on any atom is 0.338 e. The van der Waals surface area contributed by atoms with Gasteiger partial charge in [0.15, 0.2) is 0 Å². The van der Waals surface area contributed by atoms with Gasteiger partial charge in [0.1, 0.15) is 0 Å². The maximum atomic E-state index is 11.7. The highest BCUT2D eigenvalue weighted by Gasteiger charge is 2.29. The van der Waals surface area contributed by atoms with Crippen LogP contribution in [-0.2, 0) is 9.53 Å². The van der Waals surface area contributed by atoms with E-state index < -0.39 is 0 Å². The van der Waals surface area contributed by atoms with Gasteiger partial charge in [-0.2, -0.15) is 0 Å². The number of anilines is 1. The van der Waals surface area contributed by atoms with Gasteiger partial charge in [0.05, 0.1) is 12.2 Å². The number of esters is 1. The molecule has 0 spiro atoms. The number of benzene rings is 1. The van der Waals surface area contributed by atoms with Crippen molar-refractivity contribution in [2.75, 3.05) is 11.9 Å². The Balaban J connectivity index is 1.80. The fourth-order valence-electron chi connectivity index (χ4n) is 1.88. The third-order valence-corrected chi connectivity index (χ3v) is 3.32. The number of unbranched alkanes of at least 4 members (excludes halogenated alkanes) is 2. The van der Waals surface area contributed by atoms with Gasteiger partial charge in [0.25, 0.3) is 0 Å². The fraction of sp³-hybridized carbons (Fsp3) is 0.500. The van der Waals surface area contributed by atoms with E-state index in [4.69, 9.17) is 4.74 Å². The summed E-state index contributed by atoms with van der Waals surface area (Å²) in [5, 5.41) is 2.84. The van der Waals surface area contributed by atoms with Crippen LogP contribution in [0.25, 0.3) is 0 Å². The minimum absolute atomic E-state index is 0.0693. The molecule has 1 fully saturated rings. The molecule has 0 radical (unpaired) electrons. The van der Waals surface area contributed by atoms with Crippen molar-refractivity contribution in [3.63, 3.8) is 0 Å². The summed E-state index contributed by atoms with van der Waals surface area (Å²) in [4.78, 5) is 23.3. The van der Waals surface area contributed by atoms with E-state index >= 15 is 0 Å². The van der Waals surface area contributed by atoms with Gasteiger partial charge < -0.3 is 10.1 Å². The number of rotatable bonds is 7. The molecule has 1 saturated carbocycles. The van der Waals surface area contributed by atoms with Crippen molar-refractivity contribution in [3.05, 3.63) is 29.8 Å². The molecule has 4 nitrogen and oxygen atoms in total. The van der Waals surface area contributed by atoms with Crippen LogP contribution in [0.5, 0.6) is 0 Å². The largest absolute Gasteiger partial charge is 0.462 e. The third kappa shape index (κ3) is 4.37. The molecular weight excluding hydrogens is 254 g/mol. The first-order valence-electron chi connectivity index (χ1n) is 7.28. The first-order chi connectivity index (χ1) is 9.70. The van der Waals surface area contributed by atoms with Gasteiger partial charge in [-0.1, -0.05) is 19.8 Å². The highest BCUT2D eigenvalue weighted by molar-refractivity contribution is 5.95. The van der Waals surface area contributed by atoms with Crippen molar-refractivity contribution >= 4 is 17.6 Å². The molecule has 0 aromatic heterocycles. The van der Waals surface area contributed by atoms with E-state index in [1.54, 1.807) is 24.3 Å². The van der Waals surface area contributed by atoms with Gasteiger partial charge in [-0.25, -0.2) is 4.79 Å². The average Bonchev–Trinajstić information content (AvgIpc) is 3.29. The lowest BCUT2D eigenvalue weighted by molar-refractivity contribution is -0.117. The summed E-state index contributed by atoms with van der Waals surface area (Å²) in [5.41, 5.74) is 1.25. The van der Waals surface area contributed by atoms with Gasteiger partial charge in [-0.15, -0.1) is 0 Å². The number of amides is 1. The summed E-state index contributed by atoms with van der Waals surface area (Å²) < 4.78 is 5.17. The van der Waals surface area contributed by atoms with E-state index in [9.17, 15) is 9.59 Å². The molecule has 0 bridgehead atoms. The second-order valence-electron chi connectivity index (χ2n) is 5.18. The molecule has 108 valence electrons. The third-order valence-electron chi connectivity index (χ3n) is 3.32. The molecule has 0 heterocycles. The number of hydrogen-bond acceptors (Lipinski definition) is 3. The van der Waals surface area contributed by atoms with E-state index in [1.165, 1.54) is 0 Å². The second kappa shape index (κ2) is 7.08. The zero-order valence-corrected chi connectivity index (χ0v) is 11.9. The number of nitrogens with one attached hydrogen (secondary N) is 1. The molecule has 0 saturated heterocycles. The molecule has 0 unspecified atom stereocenters. The highest BCUT2D eigenvalue weighted by atomic mass is 16.5. The van der Waals surface area contributed by atoms with E-state index in [-0.39, 0.29) is 17.8 Å². The number of carbonyl (C=O) groups is 2. The molecule has 1 aliphatic carbocycles. The Hall–Kier alpha value is -1.84. The molecule has 1 aliphatic rings. The minimum Gasteiger partial charge on any atom is -0.462 e. The molecule has 1 amide bonds. The average molecular weight is 275 g/mol. The molecule has 20 heavy (non-hydrogen) atoms. The Labute approximate surface area is 119 Å². The lowest BCUT2D eigenvalue weighted by Gasteiger charge is -2.06. The SMILES string of the molecule is CCCCCOC(=O)c1ccc(NC(=O)C2CC2)cc1. The summed E-state index contributed by atoms with van der Waals surface area (Å²) in [6.07, 6.45) is 5.03. The summed E-state index contributed by atoms with van der Waals surface area (Å²) in [6.45, 7) is 2.57. The summed E-state index contributed by atoms with van der Waals surface area (Å²) in [5.74, 6) is -0.0562. The second-order valence-corrected chi connectivity index (χ2v) is 5.18. The molecule has 0 atom stereocenters. The van der Waals surface area contributed by atoms with Crippen LogP contribution in [0, 0.1) is 5.92 Å². The lowest BCUT2D eigenvalue weighted by Crippen LogP contribution is -2.13. The predicted molar refractivity (Wildman–Crippen MR) is 77.6 cm³/mol. The van der Waals surface area contributed by atoms with E-state index in [1.807, 2.05) is 0 Å². The molecule has 1 aromatic rings. The normalized spacial score (nSPS) is 13.8. The molecular formula is C16H21NO3. The Morgan fingerprint density at radius 3 is 2.50 bits per heavy atom. The summed E-state index contributed by atoms with van der Waals surface area (Å²) >= 11 is 0. The quantitative estimate of drug-likeness (QED) is 0.613. The Morgan fingerprint density at radius 1 is 1.20 bits per heavy atom. The molecule has 4 heteroatoms. The number of ether oxygens (including phenoxy) is 1. The first kappa shape index (κ1) is 14.6. The fourth-order valence-corrected chi connectivity index (χ4v) is 1.88. The van der Waals surface area contributed by atoms with Crippen molar-refractivity contribution < 1.29 is 14.3 Å².